The molecule has 118 valence electrons. The molecule has 0 atom stereocenters. The Hall–Kier alpha value is -2.87. The molecule has 0 saturated heterocycles. The molecule has 23 heavy (non-hydrogen) atoms. The third-order valence-electron chi connectivity index (χ3n) is 3.49. The van der Waals surface area contributed by atoms with Gasteiger partial charge in [-0.2, -0.15) is 5.26 Å². The van der Waals surface area contributed by atoms with Crippen molar-refractivity contribution in [3.05, 3.63) is 57.9 Å². The Morgan fingerprint density at radius 1 is 1.22 bits per heavy atom. The van der Waals surface area contributed by atoms with Crippen LogP contribution in [0.4, 0.5) is 0 Å². The number of nitriles is 1. The number of pyridine rings is 1. The third-order valence-corrected chi connectivity index (χ3v) is 3.49. The Bertz CT molecular complexity index is 798. The maximum atomic E-state index is 12.4. The van der Waals surface area contributed by atoms with E-state index in [-0.39, 0.29) is 24.5 Å². The lowest BCUT2D eigenvalue weighted by molar-refractivity contribution is -0.143. The van der Waals surface area contributed by atoms with Gasteiger partial charge in [0.25, 0.3) is 5.56 Å². The van der Waals surface area contributed by atoms with Gasteiger partial charge in [-0.3, -0.25) is 9.59 Å². The van der Waals surface area contributed by atoms with E-state index in [1.54, 1.807) is 13.0 Å². The molecule has 0 amide bonds. The van der Waals surface area contributed by atoms with Crippen LogP contribution in [0.5, 0.6) is 0 Å². The summed E-state index contributed by atoms with van der Waals surface area (Å²) in [6, 6.07) is 12.9. The number of benzene rings is 1. The zero-order chi connectivity index (χ0) is 16.8. The molecule has 0 bridgehead atoms. The highest BCUT2D eigenvalue weighted by atomic mass is 16.5. The predicted molar refractivity (Wildman–Crippen MR) is 86.8 cm³/mol. The van der Waals surface area contributed by atoms with Gasteiger partial charge in [0.1, 0.15) is 11.6 Å². The van der Waals surface area contributed by atoms with Gasteiger partial charge in [-0.15, -0.1) is 0 Å². The van der Waals surface area contributed by atoms with Crippen molar-refractivity contribution in [3.8, 4) is 17.3 Å². The van der Waals surface area contributed by atoms with Crippen molar-refractivity contribution in [2.24, 2.45) is 0 Å². The van der Waals surface area contributed by atoms with E-state index in [0.717, 1.165) is 11.1 Å². The minimum absolute atomic E-state index is 0.0599. The van der Waals surface area contributed by atoms with Gasteiger partial charge in [-0.1, -0.05) is 29.8 Å². The lowest BCUT2D eigenvalue weighted by atomic mass is 10.1. The first-order chi connectivity index (χ1) is 11.1. The van der Waals surface area contributed by atoms with Gasteiger partial charge < -0.3 is 9.30 Å². The first-order valence-electron chi connectivity index (χ1n) is 7.43. The first-order valence-corrected chi connectivity index (χ1v) is 7.43. The molecule has 0 aliphatic carbocycles. The first kappa shape index (κ1) is 16.5. The smallest absolute Gasteiger partial charge is 0.307 e. The third kappa shape index (κ3) is 3.86. The quantitative estimate of drug-likeness (QED) is 0.796. The number of carbonyl (C=O) groups is 1. The topological polar surface area (TPSA) is 72.1 Å². The summed E-state index contributed by atoms with van der Waals surface area (Å²) < 4.78 is 6.36. The Kier molecular flexibility index (Phi) is 5.32. The molecular weight excluding hydrogens is 292 g/mol. The van der Waals surface area contributed by atoms with E-state index in [1.165, 1.54) is 10.6 Å². The van der Waals surface area contributed by atoms with Crippen LogP contribution in [-0.2, 0) is 16.1 Å². The summed E-state index contributed by atoms with van der Waals surface area (Å²) in [6.45, 7) is 4.20. The molecule has 0 aliphatic heterocycles. The monoisotopic (exact) mass is 310 g/mol. The molecular formula is C18H18N2O3. The summed E-state index contributed by atoms with van der Waals surface area (Å²) in [6.07, 6.45) is 0.0848. The second kappa shape index (κ2) is 7.41. The number of aromatic nitrogens is 1. The molecule has 2 aromatic rings. The summed E-state index contributed by atoms with van der Waals surface area (Å²) in [5.74, 6) is -0.364. The normalized spacial score (nSPS) is 10.1. The summed E-state index contributed by atoms with van der Waals surface area (Å²) in [5.41, 5.74) is 2.32. The lowest BCUT2D eigenvalue weighted by Crippen LogP contribution is -2.25. The average molecular weight is 310 g/mol. The number of hydrogen-bond acceptors (Lipinski definition) is 4. The van der Waals surface area contributed by atoms with Crippen LogP contribution >= 0.6 is 0 Å². The predicted octanol–water partition coefficient (Wildman–Crippen LogP) is 2.65. The summed E-state index contributed by atoms with van der Waals surface area (Å²) in [7, 11) is 0. The number of esters is 1. The van der Waals surface area contributed by atoms with E-state index in [9.17, 15) is 9.59 Å². The fourth-order valence-corrected chi connectivity index (χ4v) is 2.30. The second-order valence-electron chi connectivity index (χ2n) is 5.12. The van der Waals surface area contributed by atoms with E-state index >= 15 is 0 Å². The fraction of sp³-hybridized carbons (Fsp3) is 0.278. The van der Waals surface area contributed by atoms with Crippen molar-refractivity contribution in [1.82, 2.24) is 4.57 Å². The summed E-state index contributed by atoms with van der Waals surface area (Å²) in [4.78, 5) is 24.0. The van der Waals surface area contributed by atoms with Gasteiger partial charge in [-0.25, -0.2) is 0 Å². The number of nitrogens with zero attached hydrogens (tertiary/aromatic N) is 2. The van der Waals surface area contributed by atoms with Gasteiger partial charge in [0, 0.05) is 6.54 Å². The van der Waals surface area contributed by atoms with Gasteiger partial charge in [0.2, 0.25) is 0 Å². The minimum Gasteiger partial charge on any atom is -0.466 e. The van der Waals surface area contributed by atoms with Crippen LogP contribution < -0.4 is 5.56 Å². The minimum atomic E-state index is -0.394. The van der Waals surface area contributed by atoms with E-state index in [0.29, 0.717) is 12.3 Å². The largest absolute Gasteiger partial charge is 0.466 e. The van der Waals surface area contributed by atoms with E-state index in [2.05, 4.69) is 0 Å². The molecule has 1 heterocycles. The van der Waals surface area contributed by atoms with Crippen LogP contribution in [0, 0.1) is 18.3 Å². The van der Waals surface area contributed by atoms with Gasteiger partial charge >= 0.3 is 5.97 Å². The maximum absolute atomic E-state index is 12.4. The van der Waals surface area contributed by atoms with Crippen molar-refractivity contribution in [1.29, 1.82) is 5.26 Å². The van der Waals surface area contributed by atoms with E-state index in [1.807, 2.05) is 37.3 Å². The number of ether oxygens (including phenoxy) is 1. The Morgan fingerprint density at radius 3 is 2.52 bits per heavy atom. The zero-order valence-electron chi connectivity index (χ0n) is 13.2. The van der Waals surface area contributed by atoms with Crippen molar-refractivity contribution < 1.29 is 9.53 Å². The molecule has 1 aromatic carbocycles. The zero-order valence-corrected chi connectivity index (χ0v) is 13.2. The molecule has 0 unspecified atom stereocenters. The van der Waals surface area contributed by atoms with Gasteiger partial charge in [-0.05, 0) is 31.5 Å². The lowest BCUT2D eigenvalue weighted by Gasteiger charge is -2.13. The molecule has 0 saturated carbocycles. The van der Waals surface area contributed by atoms with Crippen LogP contribution in [0.25, 0.3) is 11.3 Å². The maximum Gasteiger partial charge on any atom is 0.307 e. The highest BCUT2D eigenvalue weighted by molar-refractivity contribution is 5.69. The van der Waals surface area contributed by atoms with Crippen LogP contribution in [0.3, 0.4) is 0 Å². The van der Waals surface area contributed by atoms with E-state index in [4.69, 9.17) is 10.00 Å². The van der Waals surface area contributed by atoms with Crippen LogP contribution in [-0.4, -0.2) is 17.1 Å². The molecule has 0 fully saturated rings. The van der Waals surface area contributed by atoms with Gasteiger partial charge in [0.15, 0.2) is 0 Å². The molecule has 0 radical (unpaired) electrons. The number of aryl methyl sites for hydroxylation is 1. The van der Waals surface area contributed by atoms with Crippen molar-refractivity contribution in [2.45, 2.75) is 26.8 Å². The molecule has 0 spiro atoms. The summed E-state index contributed by atoms with van der Waals surface area (Å²) in [5, 5.41) is 9.05. The Balaban J connectivity index is 2.44. The average Bonchev–Trinajstić information content (AvgIpc) is 2.54. The standard InChI is InChI=1S/C18H18N2O3/c1-3-23-17(21)10-11-20-16(9-8-15(12-19)18(20)22)14-6-4-13(2)5-7-14/h4-9H,3,10-11H2,1-2H3. The van der Waals surface area contributed by atoms with Crippen LogP contribution in [0.2, 0.25) is 0 Å². The molecule has 0 N–H and O–H groups in total. The molecule has 1 aromatic heterocycles. The molecule has 5 heteroatoms. The molecule has 0 aliphatic rings. The number of rotatable bonds is 5. The molecule has 2 rings (SSSR count). The van der Waals surface area contributed by atoms with Crippen molar-refractivity contribution in [3.63, 3.8) is 0 Å². The Morgan fingerprint density at radius 2 is 1.91 bits per heavy atom. The molecule has 5 nitrogen and oxygen atoms in total. The second-order valence-corrected chi connectivity index (χ2v) is 5.12. The highest BCUT2D eigenvalue weighted by Gasteiger charge is 2.12. The van der Waals surface area contributed by atoms with E-state index < -0.39 is 5.56 Å². The number of carbonyl (C=O) groups excluding carboxylic acids is 1. The summed E-state index contributed by atoms with van der Waals surface area (Å²) >= 11 is 0. The highest BCUT2D eigenvalue weighted by Crippen LogP contribution is 2.19. The Labute approximate surface area is 134 Å². The number of hydrogen-bond donors (Lipinski definition) is 0. The van der Waals surface area contributed by atoms with Crippen molar-refractivity contribution >= 4 is 5.97 Å². The van der Waals surface area contributed by atoms with Crippen molar-refractivity contribution in [2.75, 3.05) is 6.61 Å². The fourth-order valence-electron chi connectivity index (χ4n) is 2.30. The van der Waals surface area contributed by atoms with Crippen LogP contribution in [0.1, 0.15) is 24.5 Å². The SMILES string of the molecule is CCOC(=O)CCn1c(-c2ccc(C)cc2)ccc(C#N)c1=O. The van der Waals surface area contributed by atoms with Crippen LogP contribution in [0.15, 0.2) is 41.2 Å². The van der Waals surface area contributed by atoms with Gasteiger partial charge in [0.05, 0.1) is 18.7 Å².